The minimum absolute atomic E-state index is 0.263. The third-order valence-electron chi connectivity index (χ3n) is 4.35. The third-order valence-corrected chi connectivity index (χ3v) is 4.35. The van der Waals surface area contributed by atoms with Crippen LogP contribution in [0.3, 0.4) is 0 Å². The molecule has 0 radical (unpaired) electrons. The fourth-order valence-corrected chi connectivity index (χ4v) is 2.85. The Labute approximate surface area is 145 Å². The molecular weight excluding hydrogens is 304 g/mol. The highest BCUT2D eigenvalue weighted by Gasteiger charge is 2.37. The van der Waals surface area contributed by atoms with Gasteiger partial charge in [-0.3, -0.25) is 0 Å². The molecule has 0 bridgehead atoms. The van der Waals surface area contributed by atoms with Crippen molar-refractivity contribution >= 4 is 0 Å². The molecule has 4 nitrogen and oxygen atoms in total. The van der Waals surface area contributed by atoms with E-state index in [1.807, 2.05) is 25.2 Å². The lowest BCUT2D eigenvalue weighted by Gasteiger charge is -2.35. The van der Waals surface area contributed by atoms with Crippen molar-refractivity contribution in [3.05, 3.63) is 47.6 Å². The zero-order valence-corrected chi connectivity index (χ0v) is 15.1. The highest BCUT2D eigenvalue weighted by Crippen LogP contribution is 2.30. The van der Waals surface area contributed by atoms with Crippen LogP contribution in [0.2, 0.25) is 0 Å². The first-order valence-corrected chi connectivity index (χ1v) is 8.65. The summed E-state index contributed by atoms with van der Waals surface area (Å²) in [4.78, 5) is 0. The van der Waals surface area contributed by atoms with Crippen molar-refractivity contribution in [1.82, 2.24) is 0 Å². The normalized spacial score (nSPS) is 30.4. The number of aliphatic hydroxyl groups excluding tert-OH is 4. The Hall–Kier alpha value is -1.20. The number of rotatable bonds is 7. The van der Waals surface area contributed by atoms with Gasteiger partial charge in [0.1, 0.15) is 6.10 Å². The summed E-state index contributed by atoms with van der Waals surface area (Å²) in [5, 5.41) is 39.5. The summed E-state index contributed by atoms with van der Waals surface area (Å²) < 4.78 is 0. The van der Waals surface area contributed by atoms with E-state index in [1.165, 1.54) is 6.08 Å². The Bertz CT molecular complexity index is 502. The topological polar surface area (TPSA) is 80.9 Å². The summed E-state index contributed by atoms with van der Waals surface area (Å²) in [5.41, 5.74) is 1.05. The largest absolute Gasteiger partial charge is 0.392 e. The molecule has 1 aliphatic carbocycles. The predicted octanol–water partition coefficient (Wildman–Crippen LogP) is 2.36. The molecule has 0 aliphatic heterocycles. The first-order chi connectivity index (χ1) is 11.3. The molecule has 5 atom stereocenters. The van der Waals surface area contributed by atoms with Crippen molar-refractivity contribution in [2.24, 2.45) is 17.8 Å². The Morgan fingerprint density at radius 2 is 1.83 bits per heavy atom. The summed E-state index contributed by atoms with van der Waals surface area (Å²) >= 11 is 0. The number of hydrogen-bond donors (Lipinski definition) is 4. The molecule has 5 unspecified atom stereocenters. The van der Waals surface area contributed by atoms with Crippen LogP contribution in [0.25, 0.3) is 0 Å². The molecule has 1 aliphatic rings. The van der Waals surface area contributed by atoms with E-state index in [0.717, 1.165) is 12.0 Å². The van der Waals surface area contributed by atoms with Crippen LogP contribution >= 0.6 is 0 Å². The smallest absolute Gasteiger partial charge is 0.104 e. The summed E-state index contributed by atoms with van der Waals surface area (Å²) in [7, 11) is 0. The van der Waals surface area contributed by atoms with Gasteiger partial charge < -0.3 is 20.4 Å². The predicted molar refractivity (Wildman–Crippen MR) is 97.3 cm³/mol. The molecule has 0 saturated heterocycles. The third kappa shape index (κ3) is 6.02. The van der Waals surface area contributed by atoms with Crippen molar-refractivity contribution in [3.63, 3.8) is 0 Å². The zero-order chi connectivity index (χ0) is 18.3. The quantitative estimate of drug-likeness (QED) is 0.425. The lowest BCUT2D eigenvalue weighted by molar-refractivity contribution is -0.0346. The summed E-state index contributed by atoms with van der Waals surface area (Å²) in [5.74, 6) is 0.379. The van der Waals surface area contributed by atoms with Gasteiger partial charge in [-0.1, -0.05) is 62.8 Å². The van der Waals surface area contributed by atoms with Crippen LogP contribution in [0.1, 0.15) is 34.1 Å². The van der Waals surface area contributed by atoms with Crippen LogP contribution in [0.15, 0.2) is 47.6 Å². The Morgan fingerprint density at radius 1 is 1.17 bits per heavy atom. The summed E-state index contributed by atoms with van der Waals surface area (Å²) in [6.07, 6.45) is 9.46. The first kappa shape index (κ1) is 20.8. The molecule has 136 valence electrons. The molecule has 24 heavy (non-hydrogen) atoms. The average molecular weight is 336 g/mol. The molecule has 0 aromatic carbocycles. The van der Waals surface area contributed by atoms with Crippen LogP contribution in [0, 0.1) is 17.8 Å². The monoisotopic (exact) mass is 336 g/mol. The van der Waals surface area contributed by atoms with Crippen LogP contribution in [0.4, 0.5) is 0 Å². The maximum atomic E-state index is 10.2. The maximum absolute atomic E-state index is 10.2. The van der Waals surface area contributed by atoms with Crippen molar-refractivity contribution in [3.8, 4) is 0 Å². The number of allylic oxidation sites excluding steroid dienone is 5. The minimum atomic E-state index is -1.14. The van der Waals surface area contributed by atoms with Crippen molar-refractivity contribution in [2.75, 3.05) is 6.61 Å². The second kappa shape index (κ2) is 9.94. The van der Waals surface area contributed by atoms with Crippen molar-refractivity contribution < 1.29 is 20.4 Å². The summed E-state index contributed by atoms with van der Waals surface area (Å²) in [6.45, 7) is 7.92. The van der Waals surface area contributed by atoms with Gasteiger partial charge in [0.2, 0.25) is 0 Å². The average Bonchev–Trinajstić information content (AvgIpc) is 2.50. The lowest BCUT2D eigenvalue weighted by Crippen LogP contribution is -2.45. The van der Waals surface area contributed by atoms with Crippen molar-refractivity contribution in [1.29, 1.82) is 0 Å². The zero-order valence-electron chi connectivity index (χ0n) is 15.1. The molecule has 0 amide bonds. The van der Waals surface area contributed by atoms with E-state index < -0.39 is 24.2 Å². The van der Waals surface area contributed by atoms with E-state index in [2.05, 4.69) is 32.9 Å². The molecule has 4 heteroatoms. The van der Waals surface area contributed by atoms with Crippen molar-refractivity contribution in [2.45, 2.75) is 52.4 Å². The van der Waals surface area contributed by atoms with Gasteiger partial charge in [0.05, 0.1) is 18.8 Å². The van der Waals surface area contributed by atoms with Gasteiger partial charge in [0.25, 0.3) is 0 Å². The SMILES string of the molecule is CC(=CC=CC(C)C=CCC(C)C)C1C(O)C=C(CO)C(O)C1O. The van der Waals surface area contributed by atoms with Gasteiger partial charge in [-0.2, -0.15) is 0 Å². The summed E-state index contributed by atoms with van der Waals surface area (Å²) in [6, 6.07) is 0. The highest BCUT2D eigenvalue weighted by atomic mass is 16.3. The Kier molecular flexibility index (Phi) is 8.63. The fourth-order valence-electron chi connectivity index (χ4n) is 2.85. The van der Waals surface area contributed by atoms with E-state index in [-0.39, 0.29) is 12.2 Å². The second-order valence-electron chi connectivity index (χ2n) is 7.06. The maximum Gasteiger partial charge on any atom is 0.104 e. The van der Waals surface area contributed by atoms with E-state index in [1.54, 1.807) is 0 Å². The van der Waals surface area contributed by atoms with E-state index in [0.29, 0.717) is 11.8 Å². The number of hydrogen-bond acceptors (Lipinski definition) is 4. The first-order valence-electron chi connectivity index (χ1n) is 8.65. The van der Waals surface area contributed by atoms with Gasteiger partial charge >= 0.3 is 0 Å². The molecule has 0 heterocycles. The van der Waals surface area contributed by atoms with Gasteiger partial charge in [0, 0.05) is 5.92 Å². The van der Waals surface area contributed by atoms with Gasteiger partial charge in [0.15, 0.2) is 0 Å². The second-order valence-corrected chi connectivity index (χ2v) is 7.06. The highest BCUT2D eigenvalue weighted by molar-refractivity contribution is 5.27. The Morgan fingerprint density at radius 3 is 2.42 bits per heavy atom. The fraction of sp³-hybridized carbons (Fsp3) is 0.600. The molecular formula is C20H32O4. The van der Waals surface area contributed by atoms with Crippen LogP contribution < -0.4 is 0 Å². The molecule has 0 aromatic rings. The van der Waals surface area contributed by atoms with E-state index in [9.17, 15) is 15.3 Å². The number of aliphatic hydroxyl groups is 4. The Balaban J connectivity index is 2.73. The molecule has 0 saturated carbocycles. The van der Waals surface area contributed by atoms with E-state index >= 15 is 0 Å². The molecule has 1 rings (SSSR count). The van der Waals surface area contributed by atoms with Crippen LogP contribution in [-0.2, 0) is 0 Å². The van der Waals surface area contributed by atoms with Gasteiger partial charge in [-0.15, -0.1) is 0 Å². The standard InChI is InChI=1S/C20H32O4/c1-13(2)7-5-8-14(3)9-6-10-15(4)18-17(22)11-16(12-21)19(23)20(18)24/h5-6,8-11,13-14,17-24H,7,12H2,1-4H3. The van der Waals surface area contributed by atoms with E-state index in [4.69, 9.17) is 5.11 Å². The molecule has 0 aromatic heterocycles. The van der Waals surface area contributed by atoms with Crippen LogP contribution in [0.5, 0.6) is 0 Å². The molecule has 0 spiro atoms. The minimum Gasteiger partial charge on any atom is -0.392 e. The lowest BCUT2D eigenvalue weighted by atomic mass is 9.78. The molecule has 0 fully saturated rings. The molecule has 4 N–H and O–H groups in total. The van der Waals surface area contributed by atoms with Gasteiger partial charge in [-0.05, 0) is 30.8 Å². The van der Waals surface area contributed by atoms with Gasteiger partial charge in [-0.25, -0.2) is 0 Å². The van der Waals surface area contributed by atoms with Crippen LogP contribution in [-0.4, -0.2) is 45.3 Å².